The van der Waals surface area contributed by atoms with Crippen molar-refractivity contribution in [3.63, 3.8) is 0 Å². The predicted molar refractivity (Wildman–Crippen MR) is 137 cm³/mol. The van der Waals surface area contributed by atoms with Crippen LogP contribution in [0.25, 0.3) is 11.3 Å². The van der Waals surface area contributed by atoms with Crippen LogP contribution in [0.2, 0.25) is 0 Å². The van der Waals surface area contributed by atoms with E-state index < -0.39 is 54.6 Å². The molecule has 0 radical (unpaired) electrons. The lowest BCUT2D eigenvalue weighted by molar-refractivity contribution is -0.802. The van der Waals surface area contributed by atoms with E-state index in [0.29, 0.717) is 16.9 Å². The van der Waals surface area contributed by atoms with Gasteiger partial charge in [0, 0.05) is 5.56 Å². The Kier molecular flexibility index (Phi) is 7.84. The number of aliphatic hydroxyl groups excluding tert-OH is 1. The number of pyridine rings is 1. The molecule has 0 saturated carbocycles. The monoisotopic (exact) mass is 524 g/mol. The summed E-state index contributed by atoms with van der Waals surface area (Å²) in [6, 6.07) is 12.3. The summed E-state index contributed by atoms with van der Waals surface area (Å²) < 4.78 is 11.2. The van der Waals surface area contributed by atoms with Crippen molar-refractivity contribution >= 4 is 30.4 Å². The Labute approximate surface area is 220 Å². The molecule has 12 heteroatoms. The summed E-state index contributed by atoms with van der Waals surface area (Å²) in [6.45, 7) is 4.24. The number of fused-ring (bicyclic) bond motifs is 1. The number of benzene rings is 1. The summed E-state index contributed by atoms with van der Waals surface area (Å²) in [5, 5.41) is 15.8. The van der Waals surface area contributed by atoms with Crippen LogP contribution >= 0.6 is 0 Å². The molecular weight excluding hydrogens is 491 g/mol. The van der Waals surface area contributed by atoms with Gasteiger partial charge >= 0.3 is 18.6 Å². The number of carbonyl (C=O) groups excluding carboxylic acids is 4. The summed E-state index contributed by atoms with van der Waals surface area (Å²) in [4.78, 5) is 56.1. The van der Waals surface area contributed by atoms with Gasteiger partial charge in [0.2, 0.25) is 5.91 Å². The number of rotatable bonds is 9. The zero-order chi connectivity index (χ0) is 27.6. The molecule has 3 heterocycles. The van der Waals surface area contributed by atoms with E-state index in [1.54, 1.807) is 19.1 Å². The SMILES string of the molecule is CC(C)C[C@H](NC(=O)[C@@H](NC(=O)c1cccc(-c2ccccc2)n1)[C@@H](C)O)[B-]12OC(=O)C[NH+]1[C@@H](C)C(=O)O2. The molecule has 2 unspecified atom stereocenters. The second kappa shape index (κ2) is 10.9. The van der Waals surface area contributed by atoms with Gasteiger partial charge in [-0.05, 0) is 38.3 Å². The lowest BCUT2D eigenvalue weighted by Gasteiger charge is -2.38. The van der Waals surface area contributed by atoms with E-state index in [0.717, 1.165) is 5.56 Å². The molecule has 1 aromatic heterocycles. The molecule has 0 bridgehead atoms. The minimum atomic E-state index is -2.56. The fraction of sp³-hybridized carbons (Fsp3) is 0.423. The third kappa shape index (κ3) is 5.41. The average molecular weight is 524 g/mol. The van der Waals surface area contributed by atoms with Crippen LogP contribution < -0.4 is 15.4 Å². The Morgan fingerprint density at radius 2 is 1.79 bits per heavy atom. The highest BCUT2D eigenvalue weighted by molar-refractivity contribution is 6.66. The molecular formula is C26H33BN4O7. The highest BCUT2D eigenvalue weighted by Gasteiger charge is 2.66. The van der Waals surface area contributed by atoms with Crippen molar-refractivity contribution in [1.82, 2.24) is 15.6 Å². The van der Waals surface area contributed by atoms with E-state index in [9.17, 15) is 24.3 Å². The van der Waals surface area contributed by atoms with E-state index in [1.807, 2.05) is 44.2 Å². The van der Waals surface area contributed by atoms with E-state index in [2.05, 4.69) is 15.6 Å². The van der Waals surface area contributed by atoms with E-state index >= 15 is 0 Å². The van der Waals surface area contributed by atoms with Gasteiger partial charge in [-0.25, -0.2) is 9.78 Å². The van der Waals surface area contributed by atoms with Crippen molar-refractivity contribution in [2.24, 2.45) is 5.92 Å². The van der Waals surface area contributed by atoms with E-state index in [-0.39, 0.29) is 18.2 Å². The van der Waals surface area contributed by atoms with Crippen molar-refractivity contribution in [2.75, 3.05) is 6.54 Å². The molecule has 6 atom stereocenters. The van der Waals surface area contributed by atoms with Crippen molar-refractivity contribution in [2.45, 2.75) is 58.2 Å². The molecule has 2 aliphatic rings. The number of quaternary nitrogens is 1. The Bertz CT molecular complexity index is 1230. The minimum absolute atomic E-state index is 0.0382. The number of nitrogens with one attached hydrogen (secondary N) is 3. The first-order chi connectivity index (χ1) is 18.0. The van der Waals surface area contributed by atoms with Gasteiger partial charge in [-0.15, -0.1) is 0 Å². The number of carbonyl (C=O) groups is 4. The first-order valence-electron chi connectivity index (χ1n) is 12.8. The number of aromatic nitrogens is 1. The van der Waals surface area contributed by atoms with Crippen LogP contribution in [-0.4, -0.2) is 71.2 Å². The number of nitrogens with zero attached hydrogens (tertiary/aromatic N) is 1. The molecule has 2 aliphatic heterocycles. The fourth-order valence-electron chi connectivity index (χ4n) is 5.15. The lowest BCUT2D eigenvalue weighted by atomic mass is 9.59. The fourth-order valence-corrected chi connectivity index (χ4v) is 5.15. The van der Waals surface area contributed by atoms with Crippen LogP contribution in [-0.2, 0) is 23.7 Å². The minimum Gasteiger partial charge on any atom is -0.599 e. The number of hydrogen-bond donors (Lipinski definition) is 4. The van der Waals surface area contributed by atoms with Gasteiger partial charge in [0.1, 0.15) is 24.3 Å². The summed E-state index contributed by atoms with van der Waals surface area (Å²) in [7, 11) is 0. The maximum Gasteiger partial charge on any atom is 0.604 e. The van der Waals surface area contributed by atoms with Gasteiger partial charge in [-0.1, -0.05) is 50.2 Å². The summed E-state index contributed by atoms with van der Waals surface area (Å²) in [6.07, 6.45) is -0.926. The normalized spacial score (nSPS) is 24.7. The van der Waals surface area contributed by atoms with Crippen LogP contribution in [0.1, 0.15) is 44.6 Å². The Balaban J connectivity index is 1.55. The molecule has 2 fully saturated rings. The summed E-state index contributed by atoms with van der Waals surface area (Å²) in [5.41, 5.74) is 1.48. The number of hydrogen-bond acceptors (Lipinski definition) is 8. The second-order valence-corrected chi connectivity index (χ2v) is 10.4. The molecule has 2 amide bonds. The van der Waals surface area contributed by atoms with Crippen LogP contribution in [0.5, 0.6) is 0 Å². The molecule has 2 aromatic rings. The first kappa shape index (κ1) is 27.3. The smallest absolute Gasteiger partial charge is 0.599 e. The average Bonchev–Trinajstić information content (AvgIpc) is 3.33. The summed E-state index contributed by atoms with van der Waals surface area (Å²) in [5.74, 6) is -3.19. The zero-order valence-corrected chi connectivity index (χ0v) is 21.8. The quantitative estimate of drug-likeness (QED) is 0.325. The molecule has 1 aromatic carbocycles. The zero-order valence-electron chi connectivity index (χ0n) is 21.8. The first-order valence-corrected chi connectivity index (χ1v) is 12.8. The van der Waals surface area contributed by atoms with Gasteiger partial charge in [0.05, 0.1) is 17.7 Å². The van der Waals surface area contributed by atoms with E-state index in [4.69, 9.17) is 9.31 Å². The van der Waals surface area contributed by atoms with Crippen molar-refractivity contribution < 1.29 is 38.4 Å². The maximum absolute atomic E-state index is 13.4. The van der Waals surface area contributed by atoms with Crippen LogP contribution in [0.4, 0.5) is 0 Å². The number of aliphatic hydroxyl groups is 1. The number of amides is 2. The van der Waals surface area contributed by atoms with E-state index in [1.165, 1.54) is 13.0 Å². The standard InChI is InChI=1S/C26H33BN4O7/c1-15(2)13-21(27-31(14-22(33)37-27)16(3)26(36)38-27)29-25(35)23(17(4)32)30-24(34)20-12-8-11-19(28-20)18-9-6-5-7-10-18/h5-12,15-17,21,23,31-32H,13-14H2,1-4H3,(H,29,35)(H,30,34)/t16-,17+,21-,23-,27?/m0/s1. The molecule has 202 valence electrons. The van der Waals surface area contributed by atoms with Gasteiger partial charge in [0.15, 0.2) is 0 Å². The van der Waals surface area contributed by atoms with Gasteiger partial charge < -0.3 is 29.9 Å². The third-order valence-electron chi connectivity index (χ3n) is 7.06. The molecule has 4 N–H and O–H groups in total. The van der Waals surface area contributed by atoms with Crippen LogP contribution in [0.15, 0.2) is 48.5 Å². The second-order valence-electron chi connectivity index (χ2n) is 10.4. The topological polar surface area (TPSA) is 148 Å². The molecule has 0 spiro atoms. The van der Waals surface area contributed by atoms with Crippen molar-refractivity contribution in [3.8, 4) is 11.3 Å². The van der Waals surface area contributed by atoms with Gasteiger partial charge in [0.25, 0.3) is 5.91 Å². The predicted octanol–water partition coefficient (Wildman–Crippen LogP) is -0.376. The maximum atomic E-state index is 13.4. The Morgan fingerprint density at radius 3 is 2.45 bits per heavy atom. The largest absolute Gasteiger partial charge is 0.604 e. The van der Waals surface area contributed by atoms with Crippen LogP contribution in [0, 0.1) is 5.92 Å². The Morgan fingerprint density at radius 1 is 1.08 bits per heavy atom. The molecule has 2 saturated heterocycles. The van der Waals surface area contributed by atoms with Crippen LogP contribution in [0.3, 0.4) is 0 Å². The van der Waals surface area contributed by atoms with Crippen molar-refractivity contribution in [1.29, 1.82) is 0 Å². The highest BCUT2D eigenvalue weighted by atomic mass is 16.7. The molecule has 4 rings (SSSR count). The van der Waals surface area contributed by atoms with Crippen molar-refractivity contribution in [3.05, 3.63) is 54.2 Å². The highest BCUT2D eigenvalue weighted by Crippen LogP contribution is 2.23. The Hall–Kier alpha value is -3.77. The molecule has 0 aliphatic carbocycles. The molecule has 11 nitrogen and oxygen atoms in total. The lowest BCUT2D eigenvalue weighted by Crippen LogP contribution is -3.24. The third-order valence-corrected chi connectivity index (χ3v) is 7.06. The van der Waals surface area contributed by atoms with Gasteiger partial charge in [-0.2, -0.15) is 0 Å². The summed E-state index contributed by atoms with van der Waals surface area (Å²) >= 11 is 0. The molecule has 38 heavy (non-hydrogen) atoms. The van der Waals surface area contributed by atoms with Gasteiger partial charge in [-0.3, -0.25) is 14.4 Å².